The number of phenolic OH excluding ortho intramolecular Hbond substituents is 1. The summed E-state index contributed by atoms with van der Waals surface area (Å²) in [5.74, 6) is 0.731. The molecule has 1 fully saturated rings. The van der Waals surface area contributed by atoms with Crippen LogP contribution in [0.15, 0.2) is 18.2 Å². The van der Waals surface area contributed by atoms with Crippen molar-refractivity contribution in [2.24, 2.45) is 11.8 Å². The second-order valence-electron chi connectivity index (χ2n) is 6.29. The van der Waals surface area contributed by atoms with Crippen LogP contribution in [-0.4, -0.2) is 11.0 Å². The number of benzene rings is 1. The molecule has 2 atom stereocenters. The average molecular weight is 247 g/mol. The maximum absolute atomic E-state index is 11.9. The molecule has 2 rings (SSSR count). The largest absolute Gasteiger partial charge is 0.506 e. The van der Waals surface area contributed by atoms with Crippen LogP contribution >= 0.6 is 0 Å². The van der Waals surface area contributed by atoms with Gasteiger partial charge in [0, 0.05) is 5.92 Å². The molecule has 3 heteroatoms. The molecule has 1 aromatic rings. The van der Waals surface area contributed by atoms with Gasteiger partial charge in [0.05, 0.1) is 5.69 Å². The normalized spacial score (nSPS) is 22.7. The third-order valence-electron chi connectivity index (χ3n) is 3.57. The van der Waals surface area contributed by atoms with Crippen LogP contribution in [-0.2, 0) is 10.2 Å². The predicted molar refractivity (Wildman–Crippen MR) is 72.7 cm³/mol. The van der Waals surface area contributed by atoms with E-state index in [1.54, 1.807) is 6.07 Å². The van der Waals surface area contributed by atoms with E-state index in [2.05, 4.69) is 33.0 Å². The fourth-order valence-corrected chi connectivity index (χ4v) is 2.02. The van der Waals surface area contributed by atoms with Gasteiger partial charge in [-0.3, -0.25) is 4.79 Å². The van der Waals surface area contributed by atoms with Gasteiger partial charge in [-0.15, -0.1) is 0 Å². The van der Waals surface area contributed by atoms with Crippen molar-refractivity contribution in [1.82, 2.24) is 0 Å². The molecule has 0 radical (unpaired) electrons. The zero-order chi connectivity index (χ0) is 13.5. The topological polar surface area (TPSA) is 49.3 Å². The molecule has 1 aromatic carbocycles. The molecule has 0 bridgehead atoms. The van der Waals surface area contributed by atoms with Crippen LogP contribution in [0.4, 0.5) is 5.69 Å². The first kappa shape index (κ1) is 12.9. The van der Waals surface area contributed by atoms with Crippen molar-refractivity contribution < 1.29 is 9.90 Å². The van der Waals surface area contributed by atoms with Gasteiger partial charge in [0.1, 0.15) is 5.75 Å². The zero-order valence-corrected chi connectivity index (χ0v) is 11.4. The number of anilines is 1. The SMILES string of the molecule is C[C@H]1C[C@@H]1C(=O)Nc1cc(C(C)(C)C)ccc1O. The lowest BCUT2D eigenvalue weighted by atomic mass is 9.87. The molecule has 2 N–H and O–H groups in total. The number of amides is 1. The molecule has 98 valence electrons. The van der Waals surface area contributed by atoms with Crippen LogP contribution in [0.3, 0.4) is 0 Å². The van der Waals surface area contributed by atoms with Gasteiger partial charge in [-0.05, 0) is 35.4 Å². The smallest absolute Gasteiger partial charge is 0.227 e. The number of hydrogen-bond acceptors (Lipinski definition) is 2. The van der Waals surface area contributed by atoms with E-state index in [4.69, 9.17) is 0 Å². The highest BCUT2D eigenvalue weighted by atomic mass is 16.3. The van der Waals surface area contributed by atoms with E-state index >= 15 is 0 Å². The summed E-state index contributed by atoms with van der Waals surface area (Å²) < 4.78 is 0. The van der Waals surface area contributed by atoms with Crippen LogP contribution in [0.25, 0.3) is 0 Å². The summed E-state index contributed by atoms with van der Waals surface area (Å²) in [5.41, 5.74) is 1.62. The van der Waals surface area contributed by atoms with Gasteiger partial charge in [-0.1, -0.05) is 33.8 Å². The monoisotopic (exact) mass is 247 g/mol. The summed E-state index contributed by atoms with van der Waals surface area (Å²) >= 11 is 0. The van der Waals surface area contributed by atoms with Crippen molar-refractivity contribution in [1.29, 1.82) is 0 Å². The number of rotatable bonds is 2. The Morgan fingerprint density at radius 3 is 2.50 bits per heavy atom. The van der Waals surface area contributed by atoms with Crippen molar-refractivity contribution in [3.05, 3.63) is 23.8 Å². The molecule has 0 aliphatic heterocycles. The lowest BCUT2D eigenvalue weighted by Gasteiger charge is -2.20. The van der Waals surface area contributed by atoms with Crippen molar-refractivity contribution in [3.8, 4) is 5.75 Å². The summed E-state index contributed by atoms with van der Waals surface area (Å²) in [6.07, 6.45) is 0.950. The maximum Gasteiger partial charge on any atom is 0.227 e. The standard InChI is InChI=1S/C15H21NO2/c1-9-7-11(9)14(18)16-12-8-10(15(2,3)4)5-6-13(12)17/h5-6,8-9,11,17H,7H2,1-4H3,(H,16,18)/t9-,11-/m0/s1. The molecule has 18 heavy (non-hydrogen) atoms. The lowest BCUT2D eigenvalue weighted by molar-refractivity contribution is -0.117. The summed E-state index contributed by atoms with van der Waals surface area (Å²) in [5, 5.41) is 12.6. The highest BCUT2D eigenvalue weighted by molar-refractivity contribution is 5.95. The van der Waals surface area contributed by atoms with Gasteiger partial charge < -0.3 is 10.4 Å². The Balaban J connectivity index is 2.19. The Morgan fingerprint density at radius 1 is 1.39 bits per heavy atom. The summed E-state index contributed by atoms with van der Waals surface area (Å²) in [6, 6.07) is 5.40. The summed E-state index contributed by atoms with van der Waals surface area (Å²) in [7, 11) is 0. The molecule has 1 aliphatic rings. The molecule has 1 amide bonds. The fraction of sp³-hybridized carbons (Fsp3) is 0.533. The molecule has 0 spiro atoms. The number of aromatic hydroxyl groups is 1. The molecule has 0 unspecified atom stereocenters. The Kier molecular flexibility index (Phi) is 3.09. The van der Waals surface area contributed by atoms with E-state index in [-0.39, 0.29) is 23.0 Å². The second kappa shape index (κ2) is 4.30. The lowest BCUT2D eigenvalue weighted by Crippen LogP contribution is -2.16. The van der Waals surface area contributed by atoms with Crippen LogP contribution in [0, 0.1) is 11.8 Å². The minimum Gasteiger partial charge on any atom is -0.506 e. The Labute approximate surface area is 108 Å². The third-order valence-corrected chi connectivity index (χ3v) is 3.57. The van der Waals surface area contributed by atoms with Crippen LogP contribution in [0.5, 0.6) is 5.75 Å². The molecule has 0 aromatic heterocycles. The van der Waals surface area contributed by atoms with Gasteiger partial charge in [-0.25, -0.2) is 0 Å². The van der Waals surface area contributed by atoms with Crippen molar-refractivity contribution in [2.75, 3.05) is 5.32 Å². The summed E-state index contributed by atoms with van der Waals surface area (Å²) in [6.45, 7) is 8.38. The van der Waals surface area contributed by atoms with Crippen molar-refractivity contribution >= 4 is 11.6 Å². The quantitative estimate of drug-likeness (QED) is 0.788. The zero-order valence-electron chi connectivity index (χ0n) is 11.4. The first-order valence-corrected chi connectivity index (χ1v) is 6.43. The van der Waals surface area contributed by atoms with Crippen LogP contribution in [0.1, 0.15) is 39.7 Å². The van der Waals surface area contributed by atoms with E-state index in [1.165, 1.54) is 0 Å². The number of carbonyl (C=O) groups is 1. The van der Waals surface area contributed by atoms with Gasteiger partial charge in [0.2, 0.25) is 5.91 Å². The van der Waals surface area contributed by atoms with Gasteiger partial charge >= 0.3 is 0 Å². The van der Waals surface area contributed by atoms with Crippen molar-refractivity contribution in [3.63, 3.8) is 0 Å². The Hall–Kier alpha value is -1.51. The molecular formula is C15H21NO2. The van der Waals surface area contributed by atoms with E-state index in [0.717, 1.165) is 12.0 Å². The van der Waals surface area contributed by atoms with E-state index in [9.17, 15) is 9.90 Å². The minimum absolute atomic E-state index is 0.0000496. The minimum atomic E-state index is 0.0000496. The molecule has 0 saturated heterocycles. The number of carbonyl (C=O) groups excluding carboxylic acids is 1. The van der Waals surface area contributed by atoms with E-state index in [0.29, 0.717) is 11.6 Å². The average Bonchev–Trinajstić information content (AvgIpc) is 2.97. The molecule has 1 aliphatic carbocycles. The van der Waals surface area contributed by atoms with Crippen LogP contribution < -0.4 is 5.32 Å². The maximum atomic E-state index is 11.9. The predicted octanol–water partition coefficient (Wildman–Crippen LogP) is 3.28. The van der Waals surface area contributed by atoms with Gasteiger partial charge in [0.25, 0.3) is 0 Å². The number of nitrogens with one attached hydrogen (secondary N) is 1. The van der Waals surface area contributed by atoms with Crippen LogP contribution in [0.2, 0.25) is 0 Å². The van der Waals surface area contributed by atoms with Crippen molar-refractivity contribution in [2.45, 2.75) is 39.5 Å². The van der Waals surface area contributed by atoms with E-state index in [1.807, 2.05) is 12.1 Å². The highest BCUT2D eigenvalue weighted by Gasteiger charge is 2.39. The number of hydrogen-bond donors (Lipinski definition) is 2. The third kappa shape index (κ3) is 2.66. The summed E-state index contributed by atoms with van der Waals surface area (Å²) in [4.78, 5) is 11.9. The second-order valence-corrected chi connectivity index (χ2v) is 6.29. The first-order valence-electron chi connectivity index (χ1n) is 6.43. The molecule has 3 nitrogen and oxygen atoms in total. The Morgan fingerprint density at radius 2 is 2.00 bits per heavy atom. The van der Waals surface area contributed by atoms with E-state index < -0.39 is 0 Å². The molecule has 0 heterocycles. The Bertz CT molecular complexity index is 474. The van der Waals surface area contributed by atoms with Gasteiger partial charge in [-0.2, -0.15) is 0 Å². The highest BCUT2D eigenvalue weighted by Crippen LogP contribution is 2.39. The van der Waals surface area contributed by atoms with Gasteiger partial charge in [0.15, 0.2) is 0 Å². The molecule has 1 saturated carbocycles. The number of phenols is 1. The fourth-order valence-electron chi connectivity index (χ4n) is 2.02. The first-order chi connectivity index (χ1) is 8.29. The molecular weight excluding hydrogens is 226 g/mol.